The van der Waals surface area contributed by atoms with E-state index in [1.807, 2.05) is 11.8 Å². The summed E-state index contributed by atoms with van der Waals surface area (Å²) in [4.78, 5) is 0. The Hall–Kier alpha value is 0.0500. The van der Waals surface area contributed by atoms with Crippen LogP contribution in [0.4, 0.5) is 0 Å². The van der Waals surface area contributed by atoms with Crippen LogP contribution in [-0.4, -0.2) is 11.1 Å². The number of benzene rings is 1. The molecule has 0 nitrogen and oxygen atoms in total. The average molecular weight is 287 g/mol. The molecule has 1 rings (SSSR count). The molecule has 15 heavy (non-hydrogen) atoms. The Morgan fingerprint density at radius 3 is 2.80 bits per heavy atom. The van der Waals surface area contributed by atoms with Crippen molar-refractivity contribution in [2.45, 2.75) is 26.0 Å². The second-order valence-corrected chi connectivity index (χ2v) is 5.61. The van der Waals surface area contributed by atoms with Gasteiger partial charge in [-0.2, -0.15) is 11.8 Å². The maximum atomic E-state index is 3.56. The minimum absolute atomic E-state index is 0.819. The number of hydrogen-bond acceptors (Lipinski definition) is 1. The van der Waals surface area contributed by atoms with Crippen molar-refractivity contribution in [3.8, 4) is 0 Å². The maximum absolute atomic E-state index is 3.56. The van der Waals surface area contributed by atoms with Crippen LogP contribution in [0.15, 0.2) is 24.3 Å². The molecule has 1 aromatic rings. The Morgan fingerprint density at radius 1 is 1.40 bits per heavy atom. The third kappa shape index (κ3) is 5.07. The lowest BCUT2D eigenvalue weighted by atomic mass is 10.2. The molecular formula is C13H19BrS. The fraction of sp³-hybridized carbons (Fsp3) is 0.538. The Balaban J connectivity index is 2.31. The number of thioether (sulfide) groups is 1. The normalized spacial score (nSPS) is 12.7. The molecule has 0 saturated carbocycles. The Bertz CT molecular complexity index is 282. The summed E-state index contributed by atoms with van der Waals surface area (Å²) in [6.45, 7) is 4.42. The van der Waals surface area contributed by atoms with Gasteiger partial charge in [-0.15, -0.1) is 0 Å². The summed E-state index contributed by atoms with van der Waals surface area (Å²) >= 11 is 5.60. The van der Waals surface area contributed by atoms with E-state index in [2.05, 4.69) is 54.0 Å². The first-order chi connectivity index (χ1) is 7.26. The van der Waals surface area contributed by atoms with E-state index in [1.54, 1.807) is 0 Å². The van der Waals surface area contributed by atoms with Crippen molar-refractivity contribution >= 4 is 27.7 Å². The van der Waals surface area contributed by atoms with Gasteiger partial charge in [0.15, 0.2) is 0 Å². The summed E-state index contributed by atoms with van der Waals surface area (Å²) in [6.07, 6.45) is 1.27. The molecule has 1 atom stereocenters. The average Bonchev–Trinajstić information content (AvgIpc) is 2.25. The standard InChI is InChI=1S/C13H19BrS/c1-3-12(8-14)9-15-10-13-6-4-5-11(2)7-13/h4-7,12H,3,8-10H2,1-2H3. The van der Waals surface area contributed by atoms with Gasteiger partial charge in [0.1, 0.15) is 0 Å². The van der Waals surface area contributed by atoms with E-state index in [9.17, 15) is 0 Å². The van der Waals surface area contributed by atoms with Crippen LogP contribution in [0.5, 0.6) is 0 Å². The number of aryl methyl sites for hydroxylation is 1. The van der Waals surface area contributed by atoms with Gasteiger partial charge in [-0.3, -0.25) is 0 Å². The van der Waals surface area contributed by atoms with Gasteiger partial charge in [-0.05, 0) is 24.2 Å². The van der Waals surface area contributed by atoms with Gasteiger partial charge in [-0.1, -0.05) is 59.1 Å². The monoisotopic (exact) mass is 286 g/mol. The maximum Gasteiger partial charge on any atom is 0.0184 e. The van der Waals surface area contributed by atoms with Crippen molar-refractivity contribution in [1.82, 2.24) is 0 Å². The number of hydrogen-bond donors (Lipinski definition) is 0. The Kier molecular flexibility index (Phi) is 6.42. The largest absolute Gasteiger partial charge is 0.157 e. The highest BCUT2D eigenvalue weighted by atomic mass is 79.9. The first-order valence-electron chi connectivity index (χ1n) is 5.45. The number of alkyl halides is 1. The molecule has 0 N–H and O–H groups in total. The van der Waals surface area contributed by atoms with Gasteiger partial charge < -0.3 is 0 Å². The molecule has 0 heterocycles. The van der Waals surface area contributed by atoms with Crippen LogP contribution in [0.3, 0.4) is 0 Å². The summed E-state index contributed by atoms with van der Waals surface area (Å²) in [7, 11) is 0. The van der Waals surface area contributed by atoms with Crippen molar-refractivity contribution in [3.05, 3.63) is 35.4 Å². The van der Waals surface area contributed by atoms with Gasteiger partial charge in [-0.25, -0.2) is 0 Å². The van der Waals surface area contributed by atoms with Crippen molar-refractivity contribution in [1.29, 1.82) is 0 Å². The van der Waals surface area contributed by atoms with Gasteiger partial charge in [0.25, 0.3) is 0 Å². The van der Waals surface area contributed by atoms with Crippen LogP contribution in [-0.2, 0) is 5.75 Å². The van der Waals surface area contributed by atoms with E-state index in [1.165, 1.54) is 23.3 Å². The molecule has 84 valence electrons. The van der Waals surface area contributed by atoms with Crippen LogP contribution in [0.25, 0.3) is 0 Å². The molecule has 0 aromatic heterocycles. The quantitative estimate of drug-likeness (QED) is 0.686. The van der Waals surface area contributed by atoms with Gasteiger partial charge >= 0.3 is 0 Å². The summed E-state index contributed by atoms with van der Waals surface area (Å²) in [5.41, 5.74) is 2.81. The SMILES string of the molecule is CCC(CBr)CSCc1cccc(C)c1. The highest BCUT2D eigenvalue weighted by Gasteiger charge is 2.04. The molecule has 0 saturated heterocycles. The van der Waals surface area contributed by atoms with Crippen LogP contribution < -0.4 is 0 Å². The Morgan fingerprint density at radius 2 is 2.20 bits per heavy atom. The third-order valence-corrected chi connectivity index (χ3v) is 4.66. The van der Waals surface area contributed by atoms with Gasteiger partial charge in [0.2, 0.25) is 0 Å². The lowest BCUT2D eigenvalue weighted by molar-refractivity contribution is 0.652. The molecule has 2 heteroatoms. The minimum atomic E-state index is 0.819. The second kappa shape index (κ2) is 7.34. The van der Waals surface area contributed by atoms with E-state index < -0.39 is 0 Å². The molecule has 0 bridgehead atoms. The predicted octanol–water partition coefficient (Wildman–Crippen LogP) is 4.65. The van der Waals surface area contributed by atoms with E-state index in [0.29, 0.717) is 0 Å². The first kappa shape index (κ1) is 13.1. The first-order valence-corrected chi connectivity index (χ1v) is 7.73. The van der Waals surface area contributed by atoms with Crippen molar-refractivity contribution in [3.63, 3.8) is 0 Å². The summed E-state index contributed by atoms with van der Waals surface area (Å²) < 4.78 is 0. The lowest BCUT2D eigenvalue weighted by Gasteiger charge is -2.10. The number of halogens is 1. The van der Waals surface area contributed by atoms with Crippen LogP contribution >= 0.6 is 27.7 Å². The van der Waals surface area contributed by atoms with E-state index in [-0.39, 0.29) is 0 Å². The zero-order chi connectivity index (χ0) is 11.1. The fourth-order valence-corrected chi connectivity index (χ4v) is 3.63. The van der Waals surface area contributed by atoms with Crippen molar-refractivity contribution < 1.29 is 0 Å². The molecule has 0 spiro atoms. The molecule has 0 aliphatic rings. The third-order valence-electron chi connectivity index (χ3n) is 2.50. The highest BCUT2D eigenvalue weighted by molar-refractivity contribution is 9.09. The minimum Gasteiger partial charge on any atom is -0.157 e. The van der Waals surface area contributed by atoms with Crippen LogP contribution in [0.1, 0.15) is 24.5 Å². The highest BCUT2D eigenvalue weighted by Crippen LogP contribution is 2.19. The Labute approximate surface area is 106 Å². The fourth-order valence-electron chi connectivity index (χ4n) is 1.42. The summed E-state index contributed by atoms with van der Waals surface area (Å²) in [5.74, 6) is 3.22. The number of rotatable bonds is 6. The van der Waals surface area contributed by atoms with Crippen molar-refractivity contribution in [2.24, 2.45) is 5.92 Å². The van der Waals surface area contributed by atoms with Crippen LogP contribution in [0.2, 0.25) is 0 Å². The molecule has 0 aliphatic heterocycles. The second-order valence-electron chi connectivity index (χ2n) is 3.93. The van der Waals surface area contributed by atoms with E-state index >= 15 is 0 Å². The zero-order valence-electron chi connectivity index (χ0n) is 9.50. The smallest absolute Gasteiger partial charge is 0.0184 e. The van der Waals surface area contributed by atoms with Crippen molar-refractivity contribution in [2.75, 3.05) is 11.1 Å². The topological polar surface area (TPSA) is 0 Å². The van der Waals surface area contributed by atoms with E-state index in [4.69, 9.17) is 0 Å². The van der Waals surface area contributed by atoms with Gasteiger partial charge in [0, 0.05) is 11.1 Å². The molecule has 1 aromatic carbocycles. The van der Waals surface area contributed by atoms with E-state index in [0.717, 1.165) is 17.0 Å². The summed E-state index contributed by atoms with van der Waals surface area (Å²) in [5, 5.41) is 1.13. The van der Waals surface area contributed by atoms with Crippen LogP contribution in [0, 0.1) is 12.8 Å². The van der Waals surface area contributed by atoms with Gasteiger partial charge in [0.05, 0.1) is 0 Å². The zero-order valence-corrected chi connectivity index (χ0v) is 11.9. The molecule has 0 amide bonds. The lowest BCUT2D eigenvalue weighted by Crippen LogP contribution is -2.03. The molecule has 0 radical (unpaired) electrons. The molecule has 0 fully saturated rings. The molecule has 0 aliphatic carbocycles. The predicted molar refractivity (Wildman–Crippen MR) is 74.9 cm³/mol. The molecular weight excluding hydrogens is 268 g/mol. The summed E-state index contributed by atoms with van der Waals surface area (Å²) in [6, 6.07) is 8.80. The molecule has 1 unspecified atom stereocenters.